The Bertz CT molecular complexity index is 1060. The summed E-state index contributed by atoms with van der Waals surface area (Å²) >= 11 is 0. The first kappa shape index (κ1) is 19.6. The number of hydrogen-bond donors (Lipinski definition) is 1. The largest absolute Gasteiger partial charge is 0.586 e. The molecule has 2 aliphatic heterocycles. The van der Waals surface area contributed by atoms with Crippen molar-refractivity contribution in [1.82, 2.24) is 9.62 Å². The second-order valence-electron chi connectivity index (χ2n) is 6.96. The third kappa shape index (κ3) is 3.90. The monoisotopic (exact) mass is 424 g/mol. The van der Waals surface area contributed by atoms with E-state index < -0.39 is 16.3 Å². The number of para-hydroxylation sites is 1. The molecule has 1 N–H and O–H groups in total. The zero-order chi connectivity index (χ0) is 20.8. The van der Waals surface area contributed by atoms with Gasteiger partial charge in [-0.25, -0.2) is 13.1 Å². The molecule has 0 bridgehead atoms. The van der Waals surface area contributed by atoms with Gasteiger partial charge in [-0.3, -0.25) is 4.79 Å². The number of amides is 1. The standard InChI is InChI=1S/C19H18F2N2O5S/c1-23-11-13(7-10-17(23)24)22-29(25,26)14-8-5-12(6-9-14)15-3-2-4-16-18(15)28-19(20,21)27-16/h2-6,8-9,13,22H,7,10-11H2,1H3. The summed E-state index contributed by atoms with van der Waals surface area (Å²) in [5, 5.41) is 0. The van der Waals surface area contributed by atoms with Crippen molar-refractivity contribution in [3.05, 3.63) is 42.5 Å². The normalized spacial score (nSPS) is 20.7. The van der Waals surface area contributed by atoms with Crippen molar-refractivity contribution in [1.29, 1.82) is 0 Å². The Labute approximate surface area is 166 Å². The highest BCUT2D eigenvalue weighted by Crippen LogP contribution is 2.46. The van der Waals surface area contributed by atoms with E-state index in [9.17, 15) is 22.0 Å². The lowest BCUT2D eigenvalue weighted by Gasteiger charge is -2.29. The summed E-state index contributed by atoms with van der Waals surface area (Å²) < 4.78 is 63.7. The van der Waals surface area contributed by atoms with Gasteiger partial charge in [-0.05, 0) is 30.2 Å². The number of carbonyl (C=O) groups is 1. The van der Waals surface area contributed by atoms with E-state index >= 15 is 0 Å². The highest BCUT2D eigenvalue weighted by Gasteiger charge is 2.44. The summed E-state index contributed by atoms with van der Waals surface area (Å²) in [4.78, 5) is 13.1. The van der Waals surface area contributed by atoms with Crippen molar-refractivity contribution in [2.75, 3.05) is 13.6 Å². The first-order valence-corrected chi connectivity index (χ1v) is 10.4. The van der Waals surface area contributed by atoms with Gasteiger partial charge in [0.25, 0.3) is 0 Å². The van der Waals surface area contributed by atoms with Crippen LogP contribution in [-0.2, 0) is 14.8 Å². The van der Waals surface area contributed by atoms with E-state index in [1.807, 2.05) is 0 Å². The topological polar surface area (TPSA) is 84.9 Å². The number of carbonyl (C=O) groups excluding carboxylic acids is 1. The van der Waals surface area contributed by atoms with Crippen LogP contribution in [0.2, 0.25) is 0 Å². The maximum atomic E-state index is 13.4. The fraction of sp³-hybridized carbons (Fsp3) is 0.316. The predicted molar refractivity (Wildman–Crippen MR) is 99.1 cm³/mol. The van der Waals surface area contributed by atoms with Crippen LogP contribution in [0.5, 0.6) is 11.5 Å². The third-order valence-electron chi connectivity index (χ3n) is 4.85. The fourth-order valence-electron chi connectivity index (χ4n) is 3.41. The number of sulfonamides is 1. The Balaban J connectivity index is 1.55. The lowest BCUT2D eigenvalue weighted by atomic mass is 10.0. The number of hydrogen-bond acceptors (Lipinski definition) is 5. The molecule has 2 aromatic rings. The van der Waals surface area contributed by atoms with Crippen molar-refractivity contribution >= 4 is 15.9 Å². The van der Waals surface area contributed by atoms with Gasteiger partial charge in [-0.2, -0.15) is 0 Å². The number of alkyl halides is 2. The smallest absolute Gasteiger partial charge is 0.395 e. The molecule has 1 fully saturated rings. The number of likely N-dealkylation sites (N-methyl/N-ethyl adjacent to an activating group) is 1. The molecule has 7 nitrogen and oxygen atoms in total. The van der Waals surface area contributed by atoms with Crippen LogP contribution in [0.25, 0.3) is 11.1 Å². The number of rotatable bonds is 4. The summed E-state index contributed by atoms with van der Waals surface area (Å²) in [5.41, 5.74) is 0.870. The number of benzene rings is 2. The van der Waals surface area contributed by atoms with Gasteiger partial charge in [0.1, 0.15) is 0 Å². The van der Waals surface area contributed by atoms with E-state index in [0.717, 1.165) is 0 Å². The number of piperidine rings is 1. The van der Waals surface area contributed by atoms with E-state index in [4.69, 9.17) is 0 Å². The number of likely N-dealkylation sites (tertiary alicyclic amines) is 1. The Hall–Kier alpha value is -2.72. The zero-order valence-corrected chi connectivity index (χ0v) is 16.2. The predicted octanol–water partition coefficient (Wildman–Crippen LogP) is 2.57. The van der Waals surface area contributed by atoms with E-state index in [-0.39, 0.29) is 34.8 Å². The van der Waals surface area contributed by atoms with Crippen molar-refractivity contribution in [2.45, 2.75) is 30.1 Å². The molecule has 1 atom stereocenters. The lowest BCUT2D eigenvalue weighted by molar-refractivity contribution is -0.286. The molecule has 0 aromatic heterocycles. The van der Waals surface area contributed by atoms with Gasteiger partial charge in [-0.1, -0.05) is 24.3 Å². The number of fused-ring (bicyclic) bond motifs is 1. The number of nitrogens with zero attached hydrogens (tertiary/aromatic N) is 1. The Morgan fingerprint density at radius 1 is 1.14 bits per heavy atom. The molecule has 154 valence electrons. The summed E-state index contributed by atoms with van der Waals surface area (Å²) in [5.74, 6) is -0.194. The van der Waals surface area contributed by atoms with Gasteiger partial charge in [0, 0.05) is 31.6 Å². The van der Waals surface area contributed by atoms with E-state index in [0.29, 0.717) is 24.1 Å². The van der Waals surface area contributed by atoms with Gasteiger partial charge in [0.15, 0.2) is 11.5 Å². The summed E-state index contributed by atoms with van der Waals surface area (Å²) in [7, 11) is -2.16. The number of ether oxygens (including phenoxy) is 2. The van der Waals surface area contributed by atoms with Crippen molar-refractivity contribution in [2.24, 2.45) is 0 Å². The molecule has 0 aliphatic carbocycles. The minimum absolute atomic E-state index is 0.0167. The number of nitrogens with one attached hydrogen (secondary N) is 1. The molecule has 10 heteroatoms. The Morgan fingerprint density at radius 3 is 2.55 bits per heavy atom. The highest BCUT2D eigenvalue weighted by molar-refractivity contribution is 7.89. The molecule has 29 heavy (non-hydrogen) atoms. The lowest BCUT2D eigenvalue weighted by Crippen LogP contribution is -2.48. The second kappa shape index (κ2) is 6.96. The molecule has 1 saturated heterocycles. The molecule has 0 spiro atoms. The maximum Gasteiger partial charge on any atom is 0.586 e. The van der Waals surface area contributed by atoms with Crippen molar-refractivity contribution in [3.8, 4) is 22.6 Å². The molecule has 1 amide bonds. The van der Waals surface area contributed by atoms with Crippen LogP contribution in [0.1, 0.15) is 12.8 Å². The zero-order valence-electron chi connectivity index (χ0n) is 15.4. The summed E-state index contributed by atoms with van der Waals surface area (Å²) in [6.45, 7) is 0.303. The van der Waals surface area contributed by atoms with Gasteiger partial charge in [-0.15, -0.1) is 8.78 Å². The molecule has 0 radical (unpaired) electrons. The SMILES string of the molecule is CN1CC(NS(=O)(=O)c2ccc(-c3cccc4c3OC(F)(F)O4)cc2)CCC1=O. The molecular formula is C19H18F2N2O5S. The second-order valence-corrected chi connectivity index (χ2v) is 8.67. The maximum absolute atomic E-state index is 13.4. The van der Waals surface area contributed by atoms with Crippen molar-refractivity contribution in [3.63, 3.8) is 0 Å². The van der Waals surface area contributed by atoms with Crippen LogP contribution < -0.4 is 14.2 Å². The number of halogens is 2. The molecule has 1 unspecified atom stereocenters. The van der Waals surface area contributed by atoms with Gasteiger partial charge in [0.05, 0.1) is 4.90 Å². The van der Waals surface area contributed by atoms with Crippen LogP contribution >= 0.6 is 0 Å². The molecule has 2 aromatic carbocycles. The van der Waals surface area contributed by atoms with E-state index in [1.54, 1.807) is 19.2 Å². The Kier molecular flexibility index (Phi) is 4.70. The van der Waals surface area contributed by atoms with Gasteiger partial charge >= 0.3 is 6.29 Å². The average molecular weight is 424 g/mol. The molecule has 4 rings (SSSR count). The first-order chi connectivity index (χ1) is 13.6. The minimum Gasteiger partial charge on any atom is -0.395 e. The summed E-state index contributed by atoms with van der Waals surface area (Å²) in [6.07, 6.45) is -3.02. The minimum atomic E-state index is -3.79. The molecule has 2 heterocycles. The van der Waals surface area contributed by atoms with E-state index in [2.05, 4.69) is 14.2 Å². The van der Waals surface area contributed by atoms with Crippen LogP contribution in [0, 0.1) is 0 Å². The fourth-order valence-corrected chi connectivity index (χ4v) is 4.67. The molecule has 0 saturated carbocycles. The van der Waals surface area contributed by atoms with Crippen molar-refractivity contribution < 1.29 is 31.5 Å². The summed E-state index contributed by atoms with van der Waals surface area (Å²) in [6, 6.07) is 9.94. The van der Waals surface area contributed by atoms with Crippen LogP contribution in [0.3, 0.4) is 0 Å². The molecular weight excluding hydrogens is 406 g/mol. The quantitative estimate of drug-likeness (QED) is 0.816. The third-order valence-corrected chi connectivity index (χ3v) is 6.39. The molecule has 2 aliphatic rings. The Morgan fingerprint density at radius 2 is 1.86 bits per heavy atom. The average Bonchev–Trinajstić information content (AvgIpc) is 2.98. The van der Waals surface area contributed by atoms with Gasteiger partial charge in [0.2, 0.25) is 15.9 Å². The van der Waals surface area contributed by atoms with Gasteiger partial charge < -0.3 is 14.4 Å². The van der Waals surface area contributed by atoms with Crippen LogP contribution in [0.4, 0.5) is 8.78 Å². The van der Waals surface area contributed by atoms with Crippen LogP contribution in [-0.4, -0.2) is 45.2 Å². The van der Waals surface area contributed by atoms with Crippen LogP contribution in [0.15, 0.2) is 47.4 Å². The highest BCUT2D eigenvalue weighted by atomic mass is 32.2. The van der Waals surface area contributed by atoms with E-state index in [1.165, 1.54) is 35.2 Å². The first-order valence-electron chi connectivity index (χ1n) is 8.90.